The molecule has 0 aliphatic heterocycles. The predicted molar refractivity (Wildman–Crippen MR) is 74.5 cm³/mol. The Kier molecular flexibility index (Phi) is 3.18. The van der Waals surface area contributed by atoms with E-state index < -0.39 is 0 Å². The molecule has 96 valence electrons. The highest BCUT2D eigenvalue weighted by molar-refractivity contribution is 8.01. The van der Waals surface area contributed by atoms with Gasteiger partial charge in [-0.1, -0.05) is 12.1 Å². The number of nitrogens with two attached hydrogens (primary N) is 1. The van der Waals surface area contributed by atoms with Crippen molar-refractivity contribution in [3.05, 3.63) is 24.3 Å². The third-order valence-corrected chi connectivity index (χ3v) is 4.21. The highest BCUT2D eigenvalue weighted by Crippen LogP contribution is 2.33. The molecule has 2 heterocycles. The fraction of sp³-hybridized carbons (Fsp3) is 0.0909. The molecule has 2 aromatic heterocycles. The van der Waals surface area contributed by atoms with Crippen molar-refractivity contribution >= 4 is 39.3 Å². The lowest BCUT2D eigenvalue weighted by Crippen LogP contribution is -2.01. The maximum Gasteiger partial charge on any atom is 0.321 e. The minimum atomic E-state index is 0.135. The van der Waals surface area contributed by atoms with E-state index in [4.69, 9.17) is 10.5 Å². The van der Waals surface area contributed by atoms with Gasteiger partial charge in [0.15, 0.2) is 4.34 Å². The molecule has 3 aromatic rings. The van der Waals surface area contributed by atoms with Crippen LogP contribution in [0.5, 0.6) is 6.01 Å². The molecular formula is C11H9N5OS2. The molecule has 0 saturated heterocycles. The number of anilines is 1. The molecule has 0 radical (unpaired) electrons. The number of rotatable bonds is 3. The highest BCUT2D eigenvalue weighted by atomic mass is 32.2. The number of hydrogen-bond acceptors (Lipinski definition) is 8. The zero-order chi connectivity index (χ0) is 13.2. The highest BCUT2D eigenvalue weighted by Gasteiger charge is 2.10. The van der Waals surface area contributed by atoms with Crippen molar-refractivity contribution in [1.29, 1.82) is 0 Å². The normalized spacial score (nSPS) is 10.8. The molecule has 19 heavy (non-hydrogen) atoms. The van der Waals surface area contributed by atoms with Crippen LogP contribution in [0.1, 0.15) is 0 Å². The van der Waals surface area contributed by atoms with Crippen LogP contribution in [0.25, 0.3) is 10.2 Å². The maximum atomic E-state index is 5.59. The van der Waals surface area contributed by atoms with Gasteiger partial charge >= 0.3 is 6.01 Å². The van der Waals surface area contributed by atoms with E-state index in [9.17, 15) is 0 Å². The summed E-state index contributed by atoms with van der Waals surface area (Å²) in [5.41, 5.74) is 6.55. The Morgan fingerprint density at radius 1 is 1.16 bits per heavy atom. The van der Waals surface area contributed by atoms with E-state index >= 15 is 0 Å². The van der Waals surface area contributed by atoms with E-state index in [2.05, 4.69) is 19.9 Å². The van der Waals surface area contributed by atoms with Crippen LogP contribution < -0.4 is 10.5 Å². The first-order chi connectivity index (χ1) is 9.24. The second-order valence-corrected chi connectivity index (χ2v) is 5.76. The van der Waals surface area contributed by atoms with Gasteiger partial charge in [-0.15, -0.1) is 11.3 Å². The van der Waals surface area contributed by atoms with Gasteiger partial charge in [0.2, 0.25) is 11.1 Å². The predicted octanol–water partition coefficient (Wildman–Crippen LogP) is 2.22. The minimum Gasteiger partial charge on any atom is -0.467 e. The molecule has 3 rings (SSSR count). The largest absolute Gasteiger partial charge is 0.467 e. The van der Waals surface area contributed by atoms with Crippen molar-refractivity contribution in [1.82, 2.24) is 19.9 Å². The average Bonchev–Trinajstić information content (AvgIpc) is 2.80. The number of fused-ring (bicyclic) bond motifs is 1. The van der Waals surface area contributed by atoms with Crippen molar-refractivity contribution in [2.75, 3.05) is 12.8 Å². The first-order valence-corrected chi connectivity index (χ1v) is 6.97. The van der Waals surface area contributed by atoms with Crippen LogP contribution in [-0.2, 0) is 0 Å². The van der Waals surface area contributed by atoms with Gasteiger partial charge in [0.05, 0.1) is 17.3 Å². The summed E-state index contributed by atoms with van der Waals surface area (Å²) < 4.78 is 6.94. The zero-order valence-corrected chi connectivity index (χ0v) is 11.5. The molecule has 2 N–H and O–H groups in total. The second kappa shape index (κ2) is 4.98. The van der Waals surface area contributed by atoms with Gasteiger partial charge in [-0.3, -0.25) is 0 Å². The zero-order valence-electron chi connectivity index (χ0n) is 9.90. The molecule has 0 unspecified atom stereocenters. The molecule has 0 spiro atoms. The number of hydrogen-bond donors (Lipinski definition) is 1. The Labute approximate surface area is 117 Å². The summed E-state index contributed by atoms with van der Waals surface area (Å²) >= 11 is 2.92. The first-order valence-electron chi connectivity index (χ1n) is 5.33. The number of ether oxygens (including phenoxy) is 1. The van der Waals surface area contributed by atoms with Crippen molar-refractivity contribution in [2.45, 2.75) is 9.50 Å². The Bertz CT molecular complexity index is 697. The molecule has 0 amide bonds. The third-order valence-electron chi connectivity index (χ3n) is 2.25. The van der Waals surface area contributed by atoms with Crippen molar-refractivity contribution in [3.63, 3.8) is 0 Å². The van der Waals surface area contributed by atoms with Crippen LogP contribution in [0.2, 0.25) is 0 Å². The molecule has 0 atom stereocenters. The Hall–Kier alpha value is -1.93. The van der Waals surface area contributed by atoms with Crippen LogP contribution in [0.15, 0.2) is 33.8 Å². The van der Waals surface area contributed by atoms with Crippen molar-refractivity contribution < 1.29 is 4.74 Å². The number of thiazole rings is 1. The molecule has 0 bridgehead atoms. The second-order valence-electron chi connectivity index (χ2n) is 3.51. The standard InChI is InChI=1S/C11H9N5OS2/c1-17-9-14-8(12)15-10(16-9)19-11-13-6-4-2-3-5-7(6)18-11/h2-5H,1H3,(H2,12,14,15,16). The average molecular weight is 291 g/mol. The fourth-order valence-corrected chi connectivity index (χ4v) is 3.38. The van der Waals surface area contributed by atoms with Gasteiger partial charge in [-0.05, 0) is 23.9 Å². The lowest BCUT2D eigenvalue weighted by atomic mass is 10.3. The molecule has 0 fully saturated rings. The number of benzene rings is 1. The number of nitrogen functional groups attached to an aromatic ring is 1. The van der Waals surface area contributed by atoms with Gasteiger partial charge in [-0.25, -0.2) is 4.98 Å². The Morgan fingerprint density at radius 3 is 2.79 bits per heavy atom. The van der Waals surface area contributed by atoms with Crippen LogP contribution in [0.3, 0.4) is 0 Å². The topological polar surface area (TPSA) is 86.8 Å². The molecule has 6 nitrogen and oxygen atoms in total. The third kappa shape index (κ3) is 2.59. The van der Waals surface area contributed by atoms with Crippen LogP contribution in [-0.4, -0.2) is 27.0 Å². The molecule has 1 aromatic carbocycles. The first kappa shape index (κ1) is 12.1. The summed E-state index contributed by atoms with van der Waals surface area (Å²) in [6, 6.07) is 8.15. The lowest BCUT2D eigenvalue weighted by Gasteiger charge is -2.00. The smallest absolute Gasteiger partial charge is 0.321 e. The van der Waals surface area contributed by atoms with Crippen molar-refractivity contribution in [3.8, 4) is 6.01 Å². The SMILES string of the molecule is COc1nc(N)nc(Sc2nc3ccccc3s2)n1. The van der Waals surface area contributed by atoms with Crippen LogP contribution >= 0.6 is 23.1 Å². The van der Waals surface area contributed by atoms with Crippen molar-refractivity contribution in [2.24, 2.45) is 0 Å². The van der Waals surface area contributed by atoms with E-state index in [1.165, 1.54) is 18.9 Å². The van der Waals surface area contributed by atoms with E-state index in [1.54, 1.807) is 11.3 Å². The van der Waals surface area contributed by atoms with Gasteiger partial charge in [-0.2, -0.15) is 15.0 Å². The Morgan fingerprint density at radius 2 is 2.00 bits per heavy atom. The summed E-state index contributed by atoms with van der Waals surface area (Å²) in [7, 11) is 1.49. The van der Waals surface area contributed by atoms with Gasteiger partial charge in [0.1, 0.15) is 0 Å². The number of aromatic nitrogens is 4. The maximum absolute atomic E-state index is 5.59. The summed E-state index contributed by atoms with van der Waals surface area (Å²) in [6.07, 6.45) is 0. The minimum absolute atomic E-state index is 0.135. The van der Waals surface area contributed by atoms with Gasteiger partial charge in [0, 0.05) is 0 Å². The summed E-state index contributed by atoms with van der Waals surface area (Å²) in [5.74, 6) is 0.135. The lowest BCUT2D eigenvalue weighted by molar-refractivity contribution is 0.374. The molecular weight excluding hydrogens is 282 g/mol. The van der Waals surface area contributed by atoms with E-state index in [0.717, 1.165) is 14.6 Å². The number of nitrogens with zero attached hydrogens (tertiary/aromatic N) is 4. The monoisotopic (exact) mass is 291 g/mol. The number of para-hydroxylation sites is 1. The van der Waals surface area contributed by atoms with Gasteiger partial charge < -0.3 is 10.5 Å². The quantitative estimate of drug-likeness (QED) is 0.791. The van der Waals surface area contributed by atoms with Crippen LogP contribution in [0, 0.1) is 0 Å². The Balaban J connectivity index is 1.94. The summed E-state index contributed by atoms with van der Waals surface area (Å²) in [6.45, 7) is 0. The van der Waals surface area contributed by atoms with Gasteiger partial charge in [0.25, 0.3) is 0 Å². The summed E-state index contributed by atoms with van der Waals surface area (Å²) in [4.78, 5) is 16.5. The number of methoxy groups -OCH3 is 1. The van der Waals surface area contributed by atoms with E-state index in [0.29, 0.717) is 5.16 Å². The fourth-order valence-electron chi connectivity index (χ4n) is 1.46. The molecule has 0 aliphatic rings. The molecule has 0 aliphatic carbocycles. The van der Waals surface area contributed by atoms with E-state index in [-0.39, 0.29) is 12.0 Å². The van der Waals surface area contributed by atoms with Crippen LogP contribution in [0.4, 0.5) is 5.95 Å². The van der Waals surface area contributed by atoms with E-state index in [1.807, 2.05) is 24.3 Å². The summed E-state index contributed by atoms with van der Waals surface area (Å²) in [5, 5.41) is 0.475. The molecule has 8 heteroatoms. The molecule has 0 saturated carbocycles.